The minimum Gasteiger partial charge on any atom is -0.274 e. The molecule has 1 aromatic rings. The van der Waals surface area contributed by atoms with Crippen LogP contribution in [-0.4, -0.2) is 34.4 Å². The molecular formula is C18H16N2O5. The number of hydrogen-bond donors (Lipinski definition) is 0. The molecule has 0 atom stereocenters. The molecule has 1 saturated heterocycles. The highest BCUT2D eigenvalue weighted by atomic mass is 16.2. The fourth-order valence-electron chi connectivity index (χ4n) is 2.88. The van der Waals surface area contributed by atoms with Crippen LogP contribution in [0.25, 0.3) is 0 Å². The van der Waals surface area contributed by atoms with Crippen molar-refractivity contribution in [1.29, 1.82) is 0 Å². The van der Waals surface area contributed by atoms with E-state index >= 15 is 0 Å². The number of nitrogens with zero attached hydrogens (tertiary/aromatic N) is 2. The molecule has 0 unspecified atom stereocenters. The number of anilines is 1. The number of likely N-dealkylation sites (tertiary alicyclic amines) is 1. The van der Waals surface area contributed by atoms with Crippen molar-refractivity contribution in [1.82, 2.24) is 4.90 Å². The predicted molar refractivity (Wildman–Crippen MR) is 87.1 cm³/mol. The number of imide groups is 4. The Labute approximate surface area is 143 Å². The van der Waals surface area contributed by atoms with Crippen LogP contribution in [0.15, 0.2) is 36.4 Å². The summed E-state index contributed by atoms with van der Waals surface area (Å²) >= 11 is 0. The fourth-order valence-corrected chi connectivity index (χ4v) is 2.88. The maximum Gasteiger partial charge on any atom is 0.258 e. The summed E-state index contributed by atoms with van der Waals surface area (Å²) in [5.41, 5.74) is 1.43. The van der Waals surface area contributed by atoms with E-state index in [4.69, 9.17) is 0 Å². The molecule has 1 fully saturated rings. The molecule has 0 radical (unpaired) electrons. The SMILES string of the molecule is O=C(CCCc1ccc(N2C(=O)C=CC2=O)cc1)N1C(=O)CCC1=O. The van der Waals surface area contributed by atoms with Crippen LogP contribution >= 0.6 is 0 Å². The van der Waals surface area contributed by atoms with E-state index in [2.05, 4.69) is 0 Å². The Bertz CT molecular complexity index is 760. The number of carbonyl (C=O) groups is 5. The van der Waals surface area contributed by atoms with Crippen molar-refractivity contribution in [3.63, 3.8) is 0 Å². The van der Waals surface area contributed by atoms with Gasteiger partial charge in [0.05, 0.1) is 5.69 Å². The summed E-state index contributed by atoms with van der Waals surface area (Å²) in [5, 5.41) is 0. The summed E-state index contributed by atoms with van der Waals surface area (Å²) in [6.45, 7) is 0. The Balaban J connectivity index is 1.53. The number of benzene rings is 1. The molecule has 0 bridgehead atoms. The van der Waals surface area contributed by atoms with E-state index in [9.17, 15) is 24.0 Å². The third kappa shape index (κ3) is 3.40. The molecule has 5 amide bonds. The van der Waals surface area contributed by atoms with Gasteiger partial charge in [-0.05, 0) is 30.5 Å². The topological polar surface area (TPSA) is 91.8 Å². The van der Waals surface area contributed by atoms with Crippen molar-refractivity contribution < 1.29 is 24.0 Å². The molecule has 2 aliphatic rings. The normalized spacial score (nSPS) is 17.1. The molecule has 2 aliphatic heterocycles. The Morgan fingerprint density at radius 1 is 0.880 bits per heavy atom. The van der Waals surface area contributed by atoms with E-state index in [1.54, 1.807) is 24.3 Å². The molecule has 25 heavy (non-hydrogen) atoms. The van der Waals surface area contributed by atoms with Crippen molar-refractivity contribution in [2.75, 3.05) is 4.90 Å². The highest BCUT2D eigenvalue weighted by molar-refractivity contribution is 6.28. The zero-order chi connectivity index (χ0) is 18.0. The van der Waals surface area contributed by atoms with Crippen molar-refractivity contribution in [2.45, 2.75) is 32.1 Å². The molecule has 7 nitrogen and oxygen atoms in total. The average Bonchev–Trinajstić information content (AvgIpc) is 3.10. The lowest BCUT2D eigenvalue weighted by molar-refractivity contribution is -0.149. The van der Waals surface area contributed by atoms with Gasteiger partial charge in [0.2, 0.25) is 17.7 Å². The Morgan fingerprint density at radius 3 is 2.00 bits per heavy atom. The van der Waals surface area contributed by atoms with Gasteiger partial charge in [-0.25, -0.2) is 9.80 Å². The minimum atomic E-state index is -0.455. The molecule has 0 saturated carbocycles. The van der Waals surface area contributed by atoms with Crippen LogP contribution in [0.4, 0.5) is 5.69 Å². The molecule has 3 rings (SSSR count). The zero-order valence-corrected chi connectivity index (χ0v) is 13.4. The van der Waals surface area contributed by atoms with Gasteiger partial charge in [-0.2, -0.15) is 0 Å². The lowest BCUT2D eigenvalue weighted by atomic mass is 10.1. The molecule has 2 heterocycles. The largest absolute Gasteiger partial charge is 0.274 e. The Kier molecular flexibility index (Phi) is 4.56. The van der Waals surface area contributed by atoms with Crippen LogP contribution in [0.5, 0.6) is 0 Å². The standard InChI is InChI=1S/C18H16N2O5/c21-14(20-17(24)10-11-18(20)25)3-1-2-12-4-6-13(7-5-12)19-15(22)8-9-16(19)23/h4-9H,1-3,10-11H2. The van der Waals surface area contributed by atoms with Crippen molar-refractivity contribution in [2.24, 2.45) is 0 Å². The highest BCUT2D eigenvalue weighted by Gasteiger charge is 2.33. The lowest BCUT2D eigenvalue weighted by Crippen LogP contribution is -2.35. The fraction of sp³-hybridized carbons (Fsp3) is 0.278. The van der Waals surface area contributed by atoms with Gasteiger partial charge in [-0.3, -0.25) is 24.0 Å². The van der Waals surface area contributed by atoms with Crippen molar-refractivity contribution in [3.05, 3.63) is 42.0 Å². The summed E-state index contributed by atoms with van der Waals surface area (Å²) < 4.78 is 0. The summed E-state index contributed by atoms with van der Waals surface area (Å²) in [6, 6.07) is 6.91. The third-order valence-electron chi connectivity index (χ3n) is 4.16. The van der Waals surface area contributed by atoms with Gasteiger partial charge in [0.1, 0.15) is 0 Å². The molecule has 0 aliphatic carbocycles. The summed E-state index contributed by atoms with van der Waals surface area (Å²) in [6.07, 6.45) is 3.86. The first-order valence-electron chi connectivity index (χ1n) is 8.01. The van der Waals surface area contributed by atoms with Crippen LogP contribution in [0.3, 0.4) is 0 Å². The van der Waals surface area contributed by atoms with Gasteiger partial charge < -0.3 is 0 Å². The number of hydrogen-bond acceptors (Lipinski definition) is 5. The monoisotopic (exact) mass is 340 g/mol. The van der Waals surface area contributed by atoms with Crippen LogP contribution in [0.2, 0.25) is 0 Å². The minimum absolute atomic E-state index is 0.106. The van der Waals surface area contributed by atoms with Gasteiger partial charge >= 0.3 is 0 Å². The first-order chi connectivity index (χ1) is 12.0. The third-order valence-corrected chi connectivity index (χ3v) is 4.16. The predicted octanol–water partition coefficient (Wildman–Crippen LogP) is 1.11. The van der Waals surface area contributed by atoms with Crippen molar-refractivity contribution >= 4 is 35.2 Å². The zero-order valence-electron chi connectivity index (χ0n) is 13.4. The van der Waals surface area contributed by atoms with Gasteiger partial charge in [0.25, 0.3) is 11.8 Å². The smallest absolute Gasteiger partial charge is 0.258 e. The van der Waals surface area contributed by atoms with Crippen LogP contribution in [-0.2, 0) is 30.4 Å². The molecule has 1 aromatic carbocycles. The number of amides is 5. The maximum atomic E-state index is 12.0. The molecule has 128 valence electrons. The quantitative estimate of drug-likeness (QED) is 0.749. The van der Waals surface area contributed by atoms with Crippen LogP contribution in [0.1, 0.15) is 31.2 Å². The molecular weight excluding hydrogens is 324 g/mol. The molecule has 0 spiro atoms. The second-order valence-electron chi connectivity index (χ2n) is 5.88. The molecule has 0 aromatic heterocycles. The van der Waals surface area contributed by atoms with E-state index < -0.39 is 17.7 Å². The van der Waals surface area contributed by atoms with Gasteiger partial charge in [0, 0.05) is 31.4 Å². The number of aryl methyl sites for hydroxylation is 1. The lowest BCUT2D eigenvalue weighted by Gasteiger charge is -2.14. The first kappa shape index (κ1) is 16.8. The Morgan fingerprint density at radius 2 is 1.44 bits per heavy atom. The summed E-state index contributed by atoms with van der Waals surface area (Å²) in [5.74, 6) is -2.05. The summed E-state index contributed by atoms with van der Waals surface area (Å²) in [7, 11) is 0. The molecule has 7 heteroatoms. The first-order valence-corrected chi connectivity index (χ1v) is 8.01. The number of rotatable bonds is 5. The molecule has 0 N–H and O–H groups in total. The van der Waals surface area contributed by atoms with Crippen LogP contribution < -0.4 is 4.90 Å². The second kappa shape index (κ2) is 6.80. The average molecular weight is 340 g/mol. The second-order valence-corrected chi connectivity index (χ2v) is 5.88. The van der Waals surface area contributed by atoms with Gasteiger partial charge in [0.15, 0.2) is 0 Å². The van der Waals surface area contributed by atoms with E-state index in [1.807, 2.05) is 0 Å². The highest BCUT2D eigenvalue weighted by Crippen LogP contribution is 2.20. The summed E-state index contributed by atoms with van der Waals surface area (Å²) in [4.78, 5) is 60.0. The van der Waals surface area contributed by atoms with Gasteiger partial charge in [-0.1, -0.05) is 12.1 Å². The van der Waals surface area contributed by atoms with Crippen molar-refractivity contribution in [3.8, 4) is 0 Å². The van der Waals surface area contributed by atoms with Gasteiger partial charge in [-0.15, -0.1) is 0 Å². The Hall–Kier alpha value is -3.09. The van der Waals surface area contributed by atoms with E-state index in [-0.39, 0.29) is 31.1 Å². The van der Waals surface area contributed by atoms with E-state index in [0.717, 1.165) is 15.4 Å². The van der Waals surface area contributed by atoms with E-state index in [0.29, 0.717) is 18.5 Å². The maximum absolute atomic E-state index is 12.0. The van der Waals surface area contributed by atoms with E-state index in [1.165, 1.54) is 12.2 Å². The number of carbonyl (C=O) groups excluding carboxylic acids is 5. The van der Waals surface area contributed by atoms with Crippen LogP contribution in [0, 0.1) is 0 Å².